The number of aliphatic hydroxyl groups excluding tert-OH is 1. The van der Waals surface area contributed by atoms with Crippen molar-refractivity contribution in [1.82, 2.24) is 14.9 Å². The number of nitrogens with two attached hydrogens (primary N) is 1. The van der Waals surface area contributed by atoms with E-state index in [0.29, 0.717) is 36.1 Å². The number of aliphatic hydroxyl groups is 1. The molecule has 34 heavy (non-hydrogen) atoms. The SMILES string of the molecule is Cc1cc(=O)n(C)c(-c2ccc(OCC(O)CNCCOc3ccc(O)c(C(N)=O)c3)cc2)n1. The van der Waals surface area contributed by atoms with E-state index < -0.39 is 12.0 Å². The largest absolute Gasteiger partial charge is 0.507 e. The molecular weight excluding hydrogens is 440 g/mol. The normalized spacial score (nSPS) is 11.7. The highest BCUT2D eigenvalue weighted by Crippen LogP contribution is 2.22. The number of primary amides is 1. The minimum absolute atomic E-state index is 0.00903. The fourth-order valence-electron chi connectivity index (χ4n) is 3.18. The van der Waals surface area contributed by atoms with E-state index in [1.807, 2.05) is 12.1 Å². The van der Waals surface area contributed by atoms with Crippen molar-refractivity contribution >= 4 is 5.91 Å². The van der Waals surface area contributed by atoms with Crippen LogP contribution in [-0.4, -0.2) is 58.1 Å². The molecule has 0 fully saturated rings. The Bertz CT molecular complexity index is 1190. The molecule has 2 aromatic carbocycles. The topological polar surface area (TPSA) is 149 Å². The van der Waals surface area contributed by atoms with Crippen molar-refractivity contribution in [3.05, 3.63) is 70.1 Å². The first-order valence-corrected chi connectivity index (χ1v) is 10.7. The van der Waals surface area contributed by atoms with Gasteiger partial charge in [0.05, 0.1) is 5.56 Å². The van der Waals surface area contributed by atoms with E-state index in [2.05, 4.69) is 10.3 Å². The zero-order chi connectivity index (χ0) is 24.7. The van der Waals surface area contributed by atoms with Gasteiger partial charge in [-0.2, -0.15) is 0 Å². The molecule has 0 saturated carbocycles. The van der Waals surface area contributed by atoms with Crippen molar-refractivity contribution in [2.24, 2.45) is 12.8 Å². The summed E-state index contributed by atoms with van der Waals surface area (Å²) in [5, 5.41) is 22.8. The van der Waals surface area contributed by atoms with Crippen LogP contribution in [0.5, 0.6) is 17.2 Å². The first-order valence-electron chi connectivity index (χ1n) is 10.7. The number of rotatable bonds is 11. The van der Waals surface area contributed by atoms with E-state index in [-0.39, 0.29) is 30.1 Å². The second-order valence-corrected chi connectivity index (χ2v) is 7.70. The Labute approximate surface area is 196 Å². The Hall–Kier alpha value is -3.89. The van der Waals surface area contributed by atoms with Gasteiger partial charge in [-0.05, 0) is 49.4 Å². The lowest BCUT2D eigenvalue weighted by molar-refractivity contribution is 0.0996. The third-order valence-corrected chi connectivity index (χ3v) is 4.98. The number of aromatic nitrogens is 2. The fourth-order valence-corrected chi connectivity index (χ4v) is 3.18. The summed E-state index contributed by atoms with van der Waals surface area (Å²) >= 11 is 0. The highest BCUT2D eigenvalue weighted by atomic mass is 16.5. The number of nitrogens with one attached hydrogen (secondary N) is 1. The molecule has 1 atom stereocenters. The quantitative estimate of drug-likeness (QED) is 0.304. The van der Waals surface area contributed by atoms with E-state index in [1.165, 1.54) is 28.8 Å². The predicted molar refractivity (Wildman–Crippen MR) is 126 cm³/mol. The number of nitrogens with zero attached hydrogens (tertiary/aromatic N) is 2. The second kappa shape index (κ2) is 11.3. The van der Waals surface area contributed by atoms with Crippen molar-refractivity contribution in [2.45, 2.75) is 13.0 Å². The van der Waals surface area contributed by atoms with Gasteiger partial charge in [-0.25, -0.2) is 4.98 Å². The Kier molecular flexibility index (Phi) is 8.23. The molecule has 5 N–H and O–H groups in total. The number of ether oxygens (including phenoxy) is 2. The lowest BCUT2D eigenvalue weighted by Crippen LogP contribution is -2.33. The average Bonchev–Trinajstić information content (AvgIpc) is 2.81. The van der Waals surface area contributed by atoms with Crippen LogP contribution >= 0.6 is 0 Å². The van der Waals surface area contributed by atoms with E-state index in [1.54, 1.807) is 26.1 Å². The van der Waals surface area contributed by atoms with Crippen LogP contribution in [0, 0.1) is 6.92 Å². The third-order valence-electron chi connectivity index (χ3n) is 4.98. The van der Waals surface area contributed by atoms with Crippen molar-refractivity contribution in [3.63, 3.8) is 0 Å². The molecule has 0 aliphatic heterocycles. The number of phenols is 1. The summed E-state index contributed by atoms with van der Waals surface area (Å²) in [6.07, 6.45) is -0.742. The molecule has 0 aliphatic carbocycles. The monoisotopic (exact) mass is 468 g/mol. The summed E-state index contributed by atoms with van der Waals surface area (Å²) in [4.78, 5) is 27.6. The van der Waals surface area contributed by atoms with Gasteiger partial charge in [0.2, 0.25) is 0 Å². The van der Waals surface area contributed by atoms with Crippen LogP contribution in [-0.2, 0) is 7.05 Å². The van der Waals surface area contributed by atoms with Gasteiger partial charge in [-0.1, -0.05) is 0 Å². The molecule has 1 amide bonds. The van der Waals surface area contributed by atoms with Gasteiger partial charge in [-0.3, -0.25) is 14.2 Å². The Morgan fingerprint density at radius 3 is 2.56 bits per heavy atom. The number of hydrogen-bond acceptors (Lipinski definition) is 8. The van der Waals surface area contributed by atoms with E-state index >= 15 is 0 Å². The molecule has 3 aromatic rings. The van der Waals surface area contributed by atoms with Gasteiger partial charge in [0.1, 0.15) is 42.4 Å². The van der Waals surface area contributed by atoms with Crippen LogP contribution in [0.4, 0.5) is 0 Å². The molecule has 10 nitrogen and oxygen atoms in total. The van der Waals surface area contributed by atoms with Gasteiger partial charge in [0.15, 0.2) is 0 Å². The highest BCUT2D eigenvalue weighted by molar-refractivity contribution is 5.95. The van der Waals surface area contributed by atoms with E-state index in [4.69, 9.17) is 15.2 Å². The zero-order valence-electron chi connectivity index (χ0n) is 19.0. The summed E-state index contributed by atoms with van der Waals surface area (Å²) in [5.74, 6) is 0.619. The molecule has 1 aromatic heterocycles. The summed E-state index contributed by atoms with van der Waals surface area (Å²) in [6.45, 7) is 2.89. The Morgan fingerprint density at radius 2 is 1.85 bits per heavy atom. The summed E-state index contributed by atoms with van der Waals surface area (Å²) in [5.41, 5.74) is 6.50. The smallest absolute Gasteiger partial charge is 0.253 e. The van der Waals surface area contributed by atoms with Crippen LogP contribution in [0.3, 0.4) is 0 Å². The summed E-state index contributed by atoms with van der Waals surface area (Å²) in [6, 6.07) is 12.9. The van der Waals surface area contributed by atoms with Gasteiger partial charge in [0, 0.05) is 37.5 Å². The average molecular weight is 469 g/mol. The number of carbonyl (C=O) groups excluding carboxylic acids is 1. The van der Waals surface area contributed by atoms with Crippen LogP contribution < -0.4 is 26.1 Å². The van der Waals surface area contributed by atoms with Crippen molar-refractivity contribution < 1.29 is 24.5 Å². The van der Waals surface area contributed by atoms with E-state index in [0.717, 1.165) is 5.56 Å². The maximum atomic E-state index is 12.0. The predicted octanol–water partition coefficient (Wildman–Crippen LogP) is 0.969. The standard InChI is InChI=1S/C24H28N4O6/c1-15-11-22(31)28(2)24(27-15)16-3-5-18(6-4-16)34-14-17(29)13-26-9-10-33-19-7-8-21(30)20(12-19)23(25)32/h3-8,11-12,17,26,29-30H,9-10,13-14H2,1-2H3,(H2,25,32). The van der Waals surface area contributed by atoms with Crippen molar-refractivity contribution in [3.8, 4) is 28.6 Å². The molecule has 0 bridgehead atoms. The van der Waals surface area contributed by atoms with Crippen molar-refractivity contribution in [2.75, 3.05) is 26.3 Å². The summed E-state index contributed by atoms with van der Waals surface area (Å²) < 4.78 is 12.6. The molecule has 0 radical (unpaired) electrons. The fraction of sp³-hybridized carbons (Fsp3) is 0.292. The lowest BCUT2D eigenvalue weighted by Gasteiger charge is -2.14. The van der Waals surface area contributed by atoms with Gasteiger partial charge >= 0.3 is 0 Å². The lowest BCUT2D eigenvalue weighted by atomic mass is 10.2. The molecule has 10 heteroatoms. The Morgan fingerprint density at radius 1 is 1.15 bits per heavy atom. The van der Waals surface area contributed by atoms with Gasteiger partial charge < -0.3 is 30.7 Å². The number of aromatic hydroxyl groups is 1. The number of hydrogen-bond donors (Lipinski definition) is 4. The molecule has 3 rings (SSSR count). The van der Waals surface area contributed by atoms with Gasteiger partial charge in [0.25, 0.3) is 11.5 Å². The minimum atomic E-state index is -0.742. The molecular formula is C24H28N4O6. The maximum absolute atomic E-state index is 12.0. The summed E-state index contributed by atoms with van der Waals surface area (Å²) in [7, 11) is 1.67. The van der Waals surface area contributed by atoms with E-state index in [9.17, 15) is 19.8 Å². The molecule has 0 saturated heterocycles. The number of amides is 1. The second-order valence-electron chi connectivity index (χ2n) is 7.70. The zero-order valence-corrected chi connectivity index (χ0v) is 19.0. The molecule has 1 unspecified atom stereocenters. The van der Waals surface area contributed by atoms with Crippen LogP contribution in [0.2, 0.25) is 0 Å². The number of benzene rings is 2. The first kappa shape index (κ1) is 24.7. The van der Waals surface area contributed by atoms with Gasteiger partial charge in [-0.15, -0.1) is 0 Å². The molecule has 0 spiro atoms. The molecule has 1 heterocycles. The molecule has 180 valence electrons. The van der Waals surface area contributed by atoms with Crippen LogP contribution in [0.15, 0.2) is 53.3 Å². The third kappa shape index (κ3) is 6.56. The Balaban J connectivity index is 1.40. The highest BCUT2D eigenvalue weighted by Gasteiger charge is 2.10. The maximum Gasteiger partial charge on any atom is 0.253 e. The first-order chi connectivity index (χ1) is 16.2. The van der Waals surface area contributed by atoms with Crippen LogP contribution in [0.1, 0.15) is 16.1 Å². The number of carbonyl (C=O) groups is 1. The van der Waals surface area contributed by atoms with Crippen molar-refractivity contribution in [1.29, 1.82) is 0 Å². The minimum Gasteiger partial charge on any atom is -0.507 e. The van der Waals surface area contributed by atoms with Crippen LogP contribution in [0.25, 0.3) is 11.4 Å². The molecule has 0 aliphatic rings. The number of aryl methyl sites for hydroxylation is 1.